The van der Waals surface area contributed by atoms with E-state index in [-0.39, 0.29) is 24.6 Å². The average Bonchev–Trinajstić information content (AvgIpc) is 3.69. The molecule has 4 heterocycles. The molecule has 0 spiro atoms. The van der Waals surface area contributed by atoms with Crippen LogP contribution in [-0.4, -0.2) is 62.0 Å². The molecule has 2 aliphatic heterocycles. The fourth-order valence-electron chi connectivity index (χ4n) is 4.68. The third kappa shape index (κ3) is 5.15. The van der Waals surface area contributed by atoms with Crippen LogP contribution in [0.15, 0.2) is 73.0 Å². The highest BCUT2D eigenvalue weighted by atomic mass is 16.8. The molecule has 1 unspecified atom stereocenters. The van der Waals surface area contributed by atoms with E-state index in [0.717, 1.165) is 5.56 Å². The lowest BCUT2D eigenvalue weighted by molar-refractivity contribution is -0.0997. The first kappa shape index (κ1) is 26.2. The molecule has 0 bridgehead atoms. The number of hydrogen-bond acceptors (Lipinski definition) is 9. The first-order chi connectivity index (χ1) is 20.0. The highest BCUT2D eigenvalue weighted by Crippen LogP contribution is 2.44. The van der Waals surface area contributed by atoms with Gasteiger partial charge in [-0.05, 0) is 18.6 Å². The van der Waals surface area contributed by atoms with Gasteiger partial charge in [0.25, 0.3) is 0 Å². The molecule has 41 heavy (non-hydrogen) atoms. The fourth-order valence-corrected chi connectivity index (χ4v) is 4.68. The van der Waals surface area contributed by atoms with Crippen molar-refractivity contribution >= 4 is 34.9 Å². The fraction of sp³-hybridized carbons (Fsp3) is 0.250. The summed E-state index contributed by atoms with van der Waals surface area (Å²) in [4.78, 5) is 36.6. The number of amides is 2. The maximum absolute atomic E-state index is 12.1. The van der Waals surface area contributed by atoms with Crippen molar-refractivity contribution in [3.05, 3.63) is 89.7 Å². The summed E-state index contributed by atoms with van der Waals surface area (Å²) in [7, 11) is 0. The smallest absolute Gasteiger partial charge is 0.336 e. The van der Waals surface area contributed by atoms with Crippen LogP contribution in [0.1, 0.15) is 34.7 Å². The van der Waals surface area contributed by atoms with Crippen LogP contribution in [0.3, 0.4) is 0 Å². The maximum Gasteiger partial charge on any atom is 0.336 e. The number of nitrogens with zero attached hydrogens (tertiary/aromatic N) is 4. The topological polar surface area (TPSA) is 159 Å². The average molecular weight is 559 g/mol. The van der Waals surface area contributed by atoms with Crippen molar-refractivity contribution in [2.24, 2.45) is 0 Å². The first-order valence-corrected chi connectivity index (χ1v) is 12.9. The molecule has 3 N–H and O–H groups in total. The molecule has 3 atom stereocenters. The van der Waals surface area contributed by atoms with E-state index in [1.807, 2.05) is 37.3 Å². The lowest BCUT2D eigenvalue weighted by Crippen LogP contribution is -2.29. The van der Waals surface area contributed by atoms with Gasteiger partial charge in [0.2, 0.25) is 12.2 Å². The van der Waals surface area contributed by atoms with E-state index in [1.165, 1.54) is 18.7 Å². The Balaban J connectivity index is 1.28. The highest BCUT2D eigenvalue weighted by Gasteiger charge is 2.48. The number of aromatic carboxylic acids is 1. The van der Waals surface area contributed by atoms with Crippen molar-refractivity contribution in [1.82, 2.24) is 24.8 Å². The van der Waals surface area contributed by atoms with Gasteiger partial charge < -0.3 is 29.4 Å². The summed E-state index contributed by atoms with van der Waals surface area (Å²) in [6.45, 7) is 2.41. The van der Waals surface area contributed by atoms with E-state index in [2.05, 4.69) is 25.6 Å². The molecule has 0 aliphatic carbocycles. The normalized spacial score (nSPS) is 19.5. The molecule has 2 aromatic heterocycles. The van der Waals surface area contributed by atoms with Crippen molar-refractivity contribution in [2.75, 3.05) is 18.5 Å². The van der Waals surface area contributed by atoms with Crippen LogP contribution in [0.2, 0.25) is 0 Å². The molecule has 2 aliphatic rings. The van der Waals surface area contributed by atoms with Gasteiger partial charge in [0, 0.05) is 12.1 Å². The molecule has 0 radical (unpaired) electrons. The number of urea groups is 1. The lowest BCUT2D eigenvalue weighted by Gasteiger charge is -2.19. The molecule has 2 aromatic carbocycles. The number of imidazole rings is 1. The molecular weight excluding hydrogens is 532 g/mol. The maximum atomic E-state index is 12.1. The Labute approximate surface area is 233 Å². The predicted molar refractivity (Wildman–Crippen MR) is 144 cm³/mol. The van der Waals surface area contributed by atoms with Gasteiger partial charge in [-0.25, -0.2) is 29.1 Å². The number of aromatic nitrogens is 4. The van der Waals surface area contributed by atoms with E-state index in [1.54, 1.807) is 22.8 Å². The summed E-state index contributed by atoms with van der Waals surface area (Å²) >= 11 is 0. The number of anilines is 1. The van der Waals surface area contributed by atoms with Gasteiger partial charge in [0.15, 0.2) is 34.9 Å². The Bertz CT molecular complexity index is 1620. The summed E-state index contributed by atoms with van der Waals surface area (Å²) in [6, 6.07) is 15.7. The molecule has 13 heteroatoms. The third-order valence-corrected chi connectivity index (χ3v) is 6.55. The second kappa shape index (κ2) is 11.2. The SMILES string of the molecule is CCNC(=O)Nc1ncnc2c1ncn2C1=C2OC(c3ccccc3)O[C@@H]2[C@H](COCc2ccccc2C(=O)O)O1. The zero-order valence-corrected chi connectivity index (χ0v) is 21.9. The van der Waals surface area contributed by atoms with E-state index in [9.17, 15) is 14.7 Å². The minimum absolute atomic E-state index is 0.0682. The number of carboxylic acids is 1. The Morgan fingerprint density at radius 3 is 2.66 bits per heavy atom. The summed E-state index contributed by atoms with van der Waals surface area (Å²) in [6.07, 6.45) is 0.923. The van der Waals surface area contributed by atoms with Crippen LogP contribution >= 0.6 is 0 Å². The standard InChI is InChI=1S/C28H26N6O7/c1-2-29-28(37)33-23-20-24(31-14-30-23)34(15-32-20)25-22-21(40-27(41-22)16-8-4-3-5-9-16)19(39-25)13-38-12-17-10-6-7-11-18(17)26(35)36/h3-11,14-15,19,21,27H,2,12-13H2,1H3,(H,35,36)(H2,29,30,31,33,37)/t19-,21+,27?/m0/s1. The van der Waals surface area contributed by atoms with Crippen molar-refractivity contribution in [3.63, 3.8) is 0 Å². The van der Waals surface area contributed by atoms with Crippen molar-refractivity contribution < 1.29 is 33.6 Å². The zero-order chi connectivity index (χ0) is 28.3. The molecule has 0 saturated carbocycles. The Morgan fingerprint density at radius 1 is 1.05 bits per heavy atom. The van der Waals surface area contributed by atoms with E-state index < -0.39 is 30.5 Å². The van der Waals surface area contributed by atoms with Gasteiger partial charge in [-0.15, -0.1) is 0 Å². The first-order valence-electron chi connectivity index (χ1n) is 12.9. The minimum atomic E-state index is -1.03. The van der Waals surface area contributed by atoms with Gasteiger partial charge in [0.1, 0.15) is 12.7 Å². The lowest BCUT2D eigenvalue weighted by atomic mass is 10.1. The number of rotatable bonds is 9. The second-order valence-corrected chi connectivity index (χ2v) is 9.21. The van der Waals surface area contributed by atoms with Crippen LogP contribution < -0.4 is 10.6 Å². The summed E-state index contributed by atoms with van der Waals surface area (Å²) in [5.41, 5.74) is 2.29. The number of benzene rings is 2. The Morgan fingerprint density at radius 2 is 1.85 bits per heavy atom. The van der Waals surface area contributed by atoms with Crippen LogP contribution in [0.25, 0.3) is 17.0 Å². The largest absolute Gasteiger partial charge is 0.478 e. The quantitative estimate of drug-likeness (QED) is 0.277. The molecule has 4 aromatic rings. The number of carbonyl (C=O) groups is 2. The Hall–Kier alpha value is -5.01. The van der Waals surface area contributed by atoms with Gasteiger partial charge in [-0.1, -0.05) is 48.5 Å². The molecule has 6 rings (SSSR count). The molecule has 13 nitrogen and oxygen atoms in total. The molecule has 1 fully saturated rings. The van der Waals surface area contributed by atoms with E-state index in [4.69, 9.17) is 18.9 Å². The predicted octanol–water partition coefficient (Wildman–Crippen LogP) is 3.52. The van der Waals surface area contributed by atoms with Crippen LogP contribution in [-0.2, 0) is 25.6 Å². The zero-order valence-electron chi connectivity index (χ0n) is 21.9. The van der Waals surface area contributed by atoms with Crippen molar-refractivity contribution in [3.8, 4) is 0 Å². The minimum Gasteiger partial charge on any atom is -0.478 e. The van der Waals surface area contributed by atoms with Crippen molar-refractivity contribution in [1.29, 1.82) is 0 Å². The molecule has 210 valence electrons. The summed E-state index contributed by atoms with van der Waals surface area (Å²) < 4.78 is 26.4. The highest BCUT2D eigenvalue weighted by molar-refractivity contribution is 5.96. The van der Waals surface area contributed by atoms with Crippen molar-refractivity contribution in [2.45, 2.75) is 32.0 Å². The van der Waals surface area contributed by atoms with Gasteiger partial charge in [0.05, 0.1) is 18.8 Å². The van der Waals surface area contributed by atoms with E-state index in [0.29, 0.717) is 34.9 Å². The Kier molecular flexibility index (Phi) is 7.18. The van der Waals surface area contributed by atoms with Crippen LogP contribution in [0.4, 0.5) is 10.6 Å². The number of carbonyl (C=O) groups excluding carboxylic acids is 1. The summed E-state index contributed by atoms with van der Waals surface area (Å²) in [5, 5.41) is 14.8. The second-order valence-electron chi connectivity index (χ2n) is 9.21. The van der Waals surface area contributed by atoms with Crippen LogP contribution in [0.5, 0.6) is 0 Å². The summed E-state index contributed by atoms with van der Waals surface area (Å²) in [5.74, 6) is -0.0314. The number of hydrogen-bond donors (Lipinski definition) is 3. The van der Waals surface area contributed by atoms with Crippen LogP contribution in [0, 0.1) is 0 Å². The van der Waals surface area contributed by atoms with Gasteiger partial charge in [-0.2, -0.15) is 0 Å². The molecule has 1 saturated heterocycles. The number of fused-ring (bicyclic) bond motifs is 2. The number of nitrogens with one attached hydrogen (secondary N) is 2. The number of carboxylic acid groups (broad SMARTS) is 1. The van der Waals surface area contributed by atoms with Gasteiger partial charge in [-0.3, -0.25) is 5.32 Å². The van der Waals surface area contributed by atoms with E-state index >= 15 is 0 Å². The molecular formula is C28H26N6O7. The third-order valence-electron chi connectivity index (χ3n) is 6.55. The monoisotopic (exact) mass is 558 g/mol. The van der Waals surface area contributed by atoms with Gasteiger partial charge >= 0.3 is 12.0 Å². The molecule has 2 amide bonds. The number of ether oxygens (including phenoxy) is 4.